The number of imide groups is 1. The molecular formula is C30H38N2O5. The van der Waals surface area contributed by atoms with Crippen LogP contribution in [-0.2, 0) is 33.8 Å². The van der Waals surface area contributed by atoms with Gasteiger partial charge in [-0.05, 0) is 66.6 Å². The predicted molar refractivity (Wildman–Crippen MR) is 141 cm³/mol. The molecule has 198 valence electrons. The third-order valence-corrected chi connectivity index (χ3v) is 7.48. The molecule has 2 aromatic rings. The lowest BCUT2D eigenvalue weighted by Gasteiger charge is -2.32. The first kappa shape index (κ1) is 26.9. The number of carboxylic acid groups (broad SMARTS) is 1. The molecule has 1 atom stereocenters. The topological polar surface area (TPSA) is 87.2 Å². The van der Waals surface area contributed by atoms with Gasteiger partial charge in [-0.15, -0.1) is 0 Å². The monoisotopic (exact) mass is 506 g/mol. The Kier molecular flexibility index (Phi) is 8.98. The Morgan fingerprint density at radius 1 is 1.08 bits per heavy atom. The zero-order chi connectivity index (χ0) is 26.4. The van der Waals surface area contributed by atoms with E-state index in [1.54, 1.807) is 0 Å². The normalized spacial score (nSPS) is 15.8. The third kappa shape index (κ3) is 6.77. The number of carboxylic acids is 1. The van der Waals surface area contributed by atoms with Crippen molar-refractivity contribution in [1.82, 2.24) is 9.80 Å². The zero-order valence-electron chi connectivity index (χ0n) is 22.0. The number of carbonyl (C=O) groups is 3. The number of likely N-dealkylation sites (tertiary alicyclic amines) is 1. The third-order valence-electron chi connectivity index (χ3n) is 7.48. The maximum atomic E-state index is 11.9. The molecule has 2 heterocycles. The number of aliphatic carboxylic acids is 1. The Balaban J connectivity index is 1.47. The Bertz CT molecular complexity index is 1130. The molecule has 0 aliphatic carbocycles. The number of carbonyl (C=O) groups excluding carboxylic acids is 2. The van der Waals surface area contributed by atoms with Crippen molar-refractivity contribution in [2.75, 3.05) is 19.7 Å². The van der Waals surface area contributed by atoms with Crippen LogP contribution < -0.4 is 4.74 Å². The van der Waals surface area contributed by atoms with E-state index in [1.165, 1.54) is 16.0 Å². The molecule has 1 N–H and O–H groups in total. The Hall–Kier alpha value is -3.19. The van der Waals surface area contributed by atoms with E-state index in [9.17, 15) is 19.5 Å². The van der Waals surface area contributed by atoms with E-state index < -0.39 is 5.97 Å². The second-order valence-electron chi connectivity index (χ2n) is 10.2. The van der Waals surface area contributed by atoms with Crippen molar-refractivity contribution in [1.29, 1.82) is 0 Å². The molecule has 0 bridgehead atoms. The second kappa shape index (κ2) is 12.4. The van der Waals surface area contributed by atoms with E-state index in [0.29, 0.717) is 32.5 Å². The van der Waals surface area contributed by atoms with Crippen molar-refractivity contribution in [3.05, 3.63) is 64.2 Å². The van der Waals surface area contributed by atoms with Crippen LogP contribution in [-0.4, -0.2) is 52.4 Å². The van der Waals surface area contributed by atoms with Crippen LogP contribution in [0.5, 0.6) is 5.75 Å². The van der Waals surface area contributed by atoms with Gasteiger partial charge in [0.15, 0.2) is 0 Å². The van der Waals surface area contributed by atoms with Crippen molar-refractivity contribution in [3.63, 3.8) is 0 Å². The summed E-state index contributed by atoms with van der Waals surface area (Å²) in [6.07, 6.45) is 5.17. The minimum Gasteiger partial charge on any atom is -0.493 e. The maximum Gasteiger partial charge on any atom is 0.305 e. The molecule has 1 fully saturated rings. The summed E-state index contributed by atoms with van der Waals surface area (Å²) in [7, 11) is 0. The zero-order valence-corrected chi connectivity index (χ0v) is 22.0. The number of rotatable bonds is 13. The number of nitrogens with zero attached hydrogens (tertiary/aromatic N) is 2. The number of aryl methyl sites for hydroxylation is 2. The van der Waals surface area contributed by atoms with Gasteiger partial charge in [0.25, 0.3) is 0 Å². The van der Waals surface area contributed by atoms with Crippen LogP contribution in [0.25, 0.3) is 0 Å². The molecule has 2 aliphatic rings. The Morgan fingerprint density at radius 3 is 2.57 bits per heavy atom. The fourth-order valence-electron chi connectivity index (χ4n) is 5.41. The number of hydrogen-bond acceptors (Lipinski definition) is 5. The van der Waals surface area contributed by atoms with E-state index in [4.69, 9.17) is 4.74 Å². The largest absolute Gasteiger partial charge is 0.493 e. The molecule has 1 saturated heterocycles. The van der Waals surface area contributed by atoms with Crippen molar-refractivity contribution >= 4 is 17.8 Å². The molecule has 2 aromatic carbocycles. The van der Waals surface area contributed by atoms with Gasteiger partial charge >= 0.3 is 5.97 Å². The first-order valence-corrected chi connectivity index (χ1v) is 13.5. The van der Waals surface area contributed by atoms with Crippen molar-refractivity contribution in [3.8, 4) is 5.75 Å². The van der Waals surface area contributed by atoms with E-state index in [0.717, 1.165) is 61.1 Å². The Morgan fingerprint density at radius 2 is 1.86 bits per heavy atom. The lowest BCUT2D eigenvalue weighted by molar-refractivity contribution is -0.139. The summed E-state index contributed by atoms with van der Waals surface area (Å²) in [6.45, 7) is 6.89. The van der Waals surface area contributed by atoms with E-state index in [2.05, 4.69) is 43.0 Å². The summed E-state index contributed by atoms with van der Waals surface area (Å²) in [5.41, 5.74) is 5.73. The standard InChI is InChI=1S/C30H38N2O5/c1-3-4-14-31(26(19-30(35)36)24-9-10-27-25(18-24)13-16-37-27)20-22-7-8-23(21(2)17-22)6-5-15-32-28(33)11-12-29(32)34/h7-10,17-18,26H,3-6,11-16,19-20H2,1-2H3,(H,35,36). The highest BCUT2D eigenvalue weighted by Gasteiger charge is 2.28. The lowest BCUT2D eigenvalue weighted by Crippen LogP contribution is -2.31. The van der Waals surface area contributed by atoms with Crippen LogP contribution in [0, 0.1) is 6.92 Å². The van der Waals surface area contributed by atoms with Crippen LogP contribution >= 0.6 is 0 Å². The van der Waals surface area contributed by atoms with Crippen LogP contribution in [0.15, 0.2) is 36.4 Å². The van der Waals surface area contributed by atoms with Crippen molar-refractivity contribution in [2.24, 2.45) is 0 Å². The first-order chi connectivity index (χ1) is 17.9. The Labute approximate surface area is 219 Å². The summed E-state index contributed by atoms with van der Waals surface area (Å²) in [4.78, 5) is 39.3. The number of amides is 2. The molecule has 0 saturated carbocycles. The van der Waals surface area contributed by atoms with Crippen LogP contribution in [0.2, 0.25) is 0 Å². The highest BCUT2D eigenvalue weighted by Crippen LogP contribution is 2.33. The average molecular weight is 507 g/mol. The molecule has 1 unspecified atom stereocenters. The summed E-state index contributed by atoms with van der Waals surface area (Å²) >= 11 is 0. The lowest BCUT2D eigenvalue weighted by atomic mass is 9.96. The number of ether oxygens (including phenoxy) is 1. The fourth-order valence-corrected chi connectivity index (χ4v) is 5.41. The summed E-state index contributed by atoms with van der Waals surface area (Å²) < 4.78 is 5.66. The highest BCUT2D eigenvalue weighted by molar-refractivity contribution is 6.01. The SMILES string of the molecule is CCCCN(Cc1ccc(CCCN2C(=O)CCC2=O)c(C)c1)C(CC(=O)O)c1ccc2c(c1)CCO2. The number of benzene rings is 2. The quantitative estimate of drug-likeness (QED) is 0.392. The van der Waals surface area contributed by atoms with Crippen molar-refractivity contribution in [2.45, 2.75) is 77.8 Å². The van der Waals surface area contributed by atoms with Gasteiger partial charge in [0.2, 0.25) is 11.8 Å². The summed E-state index contributed by atoms with van der Waals surface area (Å²) in [5, 5.41) is 9.76. The van der Waals surface area contributed by atoms with Gasteiger partial charge in [-0.2, -0.15) is 0 Å². The van der Waals surface area contributed by atoms with E-state index >= 15 is 0 Å². The number of hydrogen-bond donors (Lipinski definition) is 1. The summed E-state index contributed by atoms with van der Waals surface area (Å²) in [6, 6.07) is 12.4. The highest BCUT2D eigenvalue weighted by atomic mass is 16.5. The minimum atomic E-state index is -0.801. The van der Waals surface area contributed by atoms with Gasteiger partial charge in [0.05, 0.1) is 13.0 Å². The van der Waals surface area contributed by atoms with Gasteiger partial charge in [0, 0.05) is 38.4 Å². The van der Waals surface area contributed by atoms with Crippen molar-refractivity contribution < 1.29 is 24.2 Å². The van der Waals surface area contributed by atoms with Crippen LogP contribution in [0.3, 0.4) is 0 Å². The van der Waals surface area contributed by atoms with E-state index in [1.807, 2.05) is 12.1 Å². The maximum absolute atomic E-state index is 11.9. The van der Waals surface area contributed by atoms with Gasteiger partial charge in [-0.25, -0.2) is 0 Å². The summed E-state index contributed by atoms with van der Waals surface area (Å²) in [5.74, 6) is -0.0144. The molecule has 37 heavy (non-hydrogen) atoms. The molecule has 0 aromatic heterocycles. The van der Waals surface area contributed by atoms with Gasteiger partial charge < -0.3 is 9.84 Å². The molecular weight excluding hydrogens is 468 g/mol. The number of fused-ring (bicyclic) bond motifs is 1. The second-order valence-corrected chi connectivity index (χ2v) is 10.2. The smallest absolute Gasteiger partial charge is 0.305 e. The average Bonchev–Trinajstić information content (AvgIpc) is 3.47. The molecule has 7 heteroatoms. The minimum absolute atomic E-state index is 0.0500. The van der Waals surface area contributed by atoms with Gasteiger partial charge in [-0.3, -0.25) is 24.2 Å². The van der Waals surface area contributed by atoms with E-state index in [-0.39, 0.29) is 24.3 Å². The van der Waals surface area contributed by atoms with Gasteiger partial charge in [-0.1, -0.05) is 43.7 Å². The fraction of sp³-hybridized carbons (Fsp3) is 0.500. The first-order valence-electron chi connectivity index (χ1n) is 13.5. The molecule has 0 spiro atoms. The van der Waals surface area contributed by atoms with Crippen LogP contribution in [0.1, 0.15) is 79.3 Å². The van der Waals surface area contributed by atoms with Gasteiger partial charge in [0.1, 0.15) is 5.75 Å². The predicted octanol–water partition coefficient (Wildman–Crippen LogP) is 4.83. The molecule has 2 amide bonds. The van der Waals surface area contributed by atoms with Crippen LogP contribution in [0.4, 0.5) is 0 Å². The molecule has 0 radical (unpaired) electrons. The molecule has 4 rings (SSSR count). The number of unbranched alkanes of at least 4 members (excludes halogenated alkanes) is 1. The molecule has 7 nitrogen and oxygen atoms in total. The molecule has 2 aliphatic heterocycles.